The quantitative estimate of drug-likeness (QED) is 0.483. The van der Waals surface area contributed by atoms with Crippen molar-refractivity contribution in [2.45, 2.75) is 19.3 Å². The number of halogens is 1. The lowest BCUT2D eigenvalue weighted by Gasteiger charge is -2.21. The molecule has 31 heavy (non-hydrogen) atoms. The Morgan fingerprint density at radius 3 is 2.74 bits per heavy atom. The van der Waals surface area contributed by atoms with E-state index < -0.39 is 0 Å². The fourth-order valence-corrected chi connectivity index (χ4v) is 4.70. The van der Waals surface area contributed by atoms with Gasteiger partial charge in [-0.3, -0.25) is 9.78 Å². The van der Waals surface area contributed by atoms with Gasteiger partial charge in [-0.25, -0.2) is 0 Å². The number of amides is 1. The first-order valence-electron chi connectivity index (χ1n) is 10.1. The van der Waals surface area contributed by atoms with E-state index in [0.29, 0.717) is 33.1 Å². The molecule has 1 aliphatic rings. The Bertz CT molecular complexity index is 1120. The molecule has 0 saturated carbocycles. The van der Waals surface area contributed by atoms with Crippen LogP contribution < -0.4 is 9.62 Å². The largest absolute Gasteiger partial charge is 0.322 e. The number of nitrogens with one attached hydrogen (secondary N) is 1. The van der Waals surface area contributed by atoms with Crippen molar-refractivity contribution in [3.05, 3.63) is 76.9 Å². The molecule has 0 radical (unpaired) electrons. The third-order valence-electron chi connectivity index (χ3n) is 5.06. The maximum atomic E-state index is 12.8. The Labute approximate surface area is 191 Å². The van der Waals surface area contributed by atoms with Crippen molar-refractivity contribution in [1.82, 2.24) is 4.98 Å². The molecule has 1 fully saturated rings. The Hall–Kier alpha value is -3.01. The van der Waals surface area contributed by atoms with E-state index in [4.69, 9.17) is 16.9 Å². The van der Waals surface area contributed by atoms with E-state index in [-0.39, 0.29) is 5.91 Å². The summed E-state index contributed by atoms with van der Waals surface area (Å²) in [5, 5.41) is 12.5. The number of hydrogen-bond acceptors (Lipinski definition) is 5. The Morgan fingerprint density at radius 2 is 1.94 bits per heavy atom. The van der Waals surface area contributed by atoms with Crippen molar-refractivity contribution in [1.29, 1.82) is 5.26 Å². The third kappa shape index (κ3) is 5.19. The minimum atomic E-state index is -0.193. The topological polar surface area (TPSA) is 69.0 Å². The maximum Gasteiger partial charge on any atom is 0.255 e. The van der Waals surface area contributed by atoms with Gasteiger partial charge in [-0.2, -0.15) is 5.26 Å². The Balaban J connectivity index is 1.50. The van der Waals surface area contributed by atoms with E-state index in [1.807, 2.05) is 36.2 Å². The first kappa shape index (κ1) is 21.2. The highest BCUT2D eigenvalue weighted by Gasteiger charge is 2.13. The van der Waals surface area contributed by atoms with Gasteiger partial charge in [-0.05, 0) is 79.4 Å². The van der Waals surface area contributed by atoms with Crippen LogP contribution in [0.1, 0.15) is 35.2 Å². The van der Waals surface area contributed by atoms with Gasteiger partial charge in [0, 0.05) is 41.0 Å². The van der Waals surface area contributed by atoms with Crippen molar-refractivity contribution in [2.75, 3.05) is 21.9 Å². The third-order valence-corrected chi connectivity index (χ3v) is 6.57. The van der Waals surface area contributed by atoms with Gasteiger partial charge in [-0.1, -0.05) is 18.0 Å². The number of benzene rings is 2. The fourth-order valence-electron chi connectivity index (χ4n) is 3.41. The van der Waals surface area contributed by atoms with Crippen LogP contribution in [-0.2, 0) is 0 Å². The SMILES string of the molecule is N#Cc1ccnc(-c2cc(NC(=O)c3ccc(N4CCCCCS4)cc3)ccc2Cl)c1. The first-order valence-corrected chi connectivity index (χ1v) is 11.4. The van der Waals surface area contributed by atoms with Crippen LogP contribution in [0.25, 0.3) is 11.3 Å². The summed E-state index contributed by atoms with van der Waals surface area (Å²) < 4.78 is 2.31. The van der Waals surface area contributed by atoms with Gasteiger partial charge in [0.05, 0.1) is 22.3 Å². The summed E-state index contributed by atoms with van der Waals surface area (Å²) in [6.45, 7) is 1.03. The van der Waals surface area contributed by atoms with Crippen LogP contribution in [0.2, 0.25) is 5.02 Å². The van der Waals surface area contributed by atoms with E-state index in [0.717, 1.165) is 18.0 Å². The standard InChI is InChI=1S/C24H21ClN4OS/c25-22-9-6-19(15-21(22)23-14-17(16-26)10-11-27-23)28-24(30)18-4-7-20(8-5-18)29-12-2-1-3-13-31-29/h4-11,14-15H,1-3,12-13H2,(H,28,30). The lowest BCUT2D eigenvalue weighted by atomic mass is 10.1. The molecule has 5 nitrogen and oxygen atoms in total. The summed E-state index contributed by atoms with van der Waals surface area (Å²) in [6.07, 6.45) is 5.28. The van der Waals surface area contributed by atoms with Gasteiger partial charge < -0.3 is 9.62 Å². The normalized spacial score (nSPS) is 13.9. The van der Waals surface area contributed by atoms with Crippen LogP contribution in [0.3, 0.4) is 0 Å². The zero-order chi connectivity index (χ0) is 21.6. The van der Waals surface area contributed by atoms with Crippen LogP contribution in [-0.4, -0.2) is 23.2 Å². The molecular formula is C24H21ClN4OS. The summed E-state index contributed by atoms with van der Waals surface area (Å²) in [6, 6.07) is 18.3. The number of nitrogens with zero attached hydrogens (tertiary/aromatic N) is 3. The van der Waals surface area contributed by atoms with Crippen LogP contribution >= 0.6 is 23.5 Å². The highest BCUT2D eigenvalue weighted by Crippen LogP contribution is 2.30. The number of rotatable bonds is 4. The zero-order valence-corrected chi connectivity index (χ0v) is 18.4. The maximum absolute atomic E-state index is 12.8. The zero-order valence-electron chi connectivity index (χ0n) is 16.8. The summed E-state index contributed by atoms with van der Waals surface area (Å²) in [7, 11) is 0. The second-order valence-corrected chi connectivity index (χ2v) is 8.75. The molecule has 0 atom stereocenters. The molecule has 4 rings (SSSR count). The number of carbonyl (C=O) groups excluding carboxylic acids is 1. The van der Waals surface area contributed by atoms with E-state index in [1.54, 1.807) is 36.5 Å². The smallest absolute Gasteiger partial charge is 0.255 e. The molecule has 1 saturated heterocycles. The van der Waals surface area contributed by atoms with Gasteiger partial charge in [0.1, 0.15) is 0 Å². The lowest BCUT2D eigenvalue weighted by molar-refractivity contribution is 0.102. The van der Waals surface area contributed by atoms with E-state index >= 15 is 0 Å². The van der Waals surface area contributed by atoms with Crippen LogP contribution in [0.4, 0.5) is 11.4 Å². The number of carbonyl (C=O) groups is 1. The monoisotopic (exact) mass is 448 g/mol. The molecule has 7 heteroatoms. The Kier molecular flexibility index (Phi) is 6.76. The van der Waals surface area contributed by atoms with Crippen molar-refractivity contribution < 1.29 is 4.79 Å². The molecule has 3 aromatic rings. The van der Waals surface area contributed by atoms with Gasteiger partial charge in [0.2, 0.25) is 0 Å². The summed E-state index contributed by atoms with van der Waals surface area (Å²) in [5.74, 6) is 0.940. The summed E-state index contributed by atoms with van der Waals surface area (Å²) in [5.41, 5.74) is 4.06. The number of hydrogen-bond donors (Lipinski definition) is 1. The highest BCUT2D eigenvalue weighted by atomic mass is 35.5. The molecule has 0 bridgehead atoms. The van der Waals surface area contributed by atoms with E-state index in [2.05, 4.69) is 20.7 Å². The van der Waals surface area contributed by atoms with Crippen molar-refractivity contribution in [3.8, 4) is 17.3 Å². The molecule has 156 valence electrons. The molecule has 2 heterocycles. The second-order valence-electron chi connectivity index (χ2n) is 7.23. The first-order chi connectivity index (χ1) is 15.1. The van der Waals surface area contributed by atoms with Crippen LogP contribution in [0.15, 0.2) is 60.8 Å². The molecule has 1 N–H and O–H groups in total. The molecule has 2 aromatic carbocycles. The van der Waals surface area contributed by atoms with E-state index in [9.17, 15) is 4.79 Å². The number of pyridine rings is 1. The minimum absolute atomic E-state index is 0.193. The van der Waals surface area contributed by atoms with Crippen LogP contribution in [0, 0.1) is 11.3 Å². The van der Waals surface area contributed by atoms with Gasteiger partial charge >= 0.3 is 0 Å². The van der Waals surface area contributed by atoms with Crippen molar-refractivity contribution >= 4 is 40.8 Å². The predicted octanol–water partition coefficient (Wildman–Crippen LogP) is 6.16. The minimum Gasteiger partial charge on any atom is -0.322 e. The van der Waals surface area contributed by atoms with Gasteiger partial charge in [-0.15, -0.1) is 0 Å². The molecule has 0 spiro atoms. The van der Waals surface area contributed by atoms with Crippen molar-refractivity contribution in [3.63, 3.8) is 0 Å². The lowest BCUT2D eigenvalue weighted by Crippen LogP contribution is -2.15. The van der Waals surface area contributed by atoms with E-state index in [1.165, 1.54) is 19.3 Å². The molecule has 1 aliphatic heterocycles. The predicted molar refractivity (Wildman–Crippen MR) is 127 cm³/mol. The van der Waals surface area contributed by atoms with Gasteiger partial charge in [0.25, 0.3) is 5.91 Å². The summed E-state index contributed by atoms with van der Waals surface area (Å²) >= 11 is 8.19. The van der Waals surface area contributed by atoms with Crippen LogP contribution in [0.5, 0.6) is 0 Å². The van der Waals surface area contributed by atoms with Gasteiger partial charge in [0.15, 0.2) is 0 Å². The number of aromatic nitrogens is 1. The molecule has 0 aliphatic carbocycles. The molecule has 1 amide bonds. The average Bonchev–Trinajstić information content (AvgIpc) is 3.10. The number of nitriles is 1. The fraction of sp³-hybridized carbons (Fsp3) is 0.208. The molecule has 0 unspecified atom stereocenters. The average molecular weight is 449 g/mol. The Morgan fingerprint density at radius 1 is 1.10 bits per heavy atom. The molecule has 1 aromatic heterocycles. The molecular weight excluding hydrogens is 428 g/mol. The summed E-state index contributed by atoms with van der Waals surface area (Å²) in [4.78, 5) is 17.1. The second kappa shape index (κ2) is 9.86. The number of anilines is 2. The van der Waals surface area contributed by atoms with Crippen molar-refractivity contribution in [2.24, 2.45) is 0 Å². The highest BCUT2D eigenvalue weighted by molar-refractivity contribution is 8.00.